The lowest BCUT2D eigenvalue weighted by atomic mass is 10.1. The topological polar surface area (TPSA) is 48.5 Å². The molecule has 0 spiro atoms. The molecule has 2 heterocycles. The lowest BCUT2D eigenvalue weighted by Crippen LogP contribution is -2.43. The highest BCUT2D eigenvalue weighted by Crippen LogP contribution is 2.26. The van der Waals surface area contributed by atoms with Crippen molar-refractivity contribution in [3.05, 3.63) is 69.7 Å². The molecular formula is C24H27ClN4OS. The smallest absolute Gasteiger partial charge is 0.230 e. The van der Waals surface area contributed by atoms with E-state index in [1.54, 1.807) is 17.4 Å². The number of halogens is 1. The van der Waals surface area contributed by atoms with E-state index < -0.39 is 0 Å². The van der Waals surface area contributed by atoms with E-state index in [1.165, 1.54) is 5.56 Å². The summed E-state index contributed by atoms with van der Waals surface area (Å²) in [4.78, 5) is 22.0. The van der Waals surface area contributed by atoms with E-state index >= 15 is 0 Å². The van der Waals surface area contributed by atoms with Gasteiger partial charge in [0.15, 0.2) is 0 Å². The van der Waals surface area contributed by atoms with Gasteiger partial charge in [-0.25, -0.2) is 4.98 Å². The average Bonchev–Trinajstić information content (AvgIpc) is 3.21. The molecule has 1 aliphatic heterocycles. The van der Waals surface area contributed by atoms with Crippen molar-refractivity contribution in [3.8, 4) is 10.6 Å². The molecule has 0 atom stereocenters. The van der Waals surface area contributed by atoms with Crippen LogP contribution in [-0.2, 0) is 17.8 Å². The minimum Gasteiger partial charge on any atom is -0.326 e. The van der Waals surface area contributed by atoms with E-state index in [-0.39, 0.29) is 12.3 Å². The van der Waals surface area contributed by atoms with Crippen molar-refractivity contribution in [3.63, 3.8) is 0 Å². The number of rotatable bonds is 6. The number of aryl methyl sites for hydroxylation is 1. The molecule has 1 saturated heterocycles. The number of hydrogen-bond acceptors (Lipinski definition) is 5. The van der Waals surface area contributed by atoms with Gasteiger partial charge in [0.1, 0.15) is 5.01 Å². The van der Waals surface area contributed by atoms with E-state index in [4.69, 9.17) is 16.6 Å². The monoisotopic (exact) mass is 454 g/mol. The summed E-state index contributed by atoms with van der Waals surface area (Å²) in [6.07, 6.45) is 0.239. The molecule has 1 fully saturated rings. The molecule has 1 amide bonds. The van der Waals surface area contributed by atoms with Gasteiger partial charge in [0, 0.05) is 54.4 Å². The van der Waals surface area contributed by atoms with Crippen LogP contribution in [0.4, 0.5) is 5.69 Å². The standard InChI is InChI=1S/C24H27ClN4OS/c1-17-6-7-20(13-22(17)25)26-23(30)14-21-16-31-24(27-21)19-5-3-4-18(12-19)15-29-10-8-28(2)9-11-29/h3-7,12-13,16H,8-11,14-15H2,1-2H3,(H,26,30). The first-order valence-electron chi connectivity index (χ1n) is 10.5. The van der Waals surface area contributed by atoms with Crippen LogP contribution >= 0.6 is 22.9 Å². The largest absolute Gasteiger partial charge is 0.326 e. The number of anilines is 1. The molecule has 162 valence electrons. The quantitative estimate of drug-likeness (QED) is 0.586. The molecule has 5 nitrogen and oxygen atoms in total. The van der Waals surface area contributed by atoms with Gasteiger partial charge in [-0.15, -0.1) is 11.3 Å². The first kappa shape index (κ1) is 22.0. The number of benzene rings is 2. The van der Waals surface area contributed by atoms with E-state index in [9.17, 15) is 4.79 Å². The predicted octanol–water partition coefficient (Wildman–Crippen LogP) is 4.70. The van der Waals surface area contributed by atoms with Gasteiger partial charge in [-0.1, -0.05) is 35.9 Å². The summed E-state index contributed by atoms with van der Waals surface area (Å²) in [6, 6.07) is 14.1. The molecule has 0 saturated carbocycles. The van der Waals surface area contributed by atoms with Gasteiger partial charge >= 0.3 is 0 Å². The normalized spacial score (nSPS) is 15.2. The summed E-state index contributed by atoms with van der Waals surface area (Å²) < 4.78 is 0. The second-order valence-electron chi connectivity index (χ2n) is 8.11. The molecular weight excluding hydrogens is 428 g/mol. The van der Waals surface area contributed by atoms with Gasteiger partial charge in [-0.2, -0.15) is 0 Å². The van der Waals surface area contributed by atoms with Crippen molar-refractivity contribution in [2.24, 2.45) is 0 Å². The zero-order chi connectivity index (χ0) is 21.8. The number of thiazole rings is 1. The summed E-state index contributed by atoms with van der Waals surface area (Å²) in [5.41, 5.74) is 4.87. The zero-order valence-electron chi connectivity index (χ0n) is 17.9. The number of carbonyl (C=O) groups excluding carboxylic acids is 1. The number of piperazine rings is 1. The Balaban J connectivity index is 1.38. The van der Waals surface area contributed by atoms with Crippen molar-refractivity contribution >= 4 is 34.5 Å². The maximum atomic E-state index is 12.4. The van der Waals surface area contributed by atoms with E-state index in [0.29, 0.717) is 10.7 Å². The van der Waals surface area contributed by atoms with Crippen LogP contribution in [0.5, 0.6) is 0 Å². The average molecular weight is 455 g/mol. The minimum absolute atomic E-state index is 0.0967. The van der Waals surface area contributed by atoms with Crippen LogP contribution in [0.3, 0.4) is 0 Å². The SMILES string of the molecule is Cc1ccc(NC(=O)Cc2csc(-c3cccc(CN4CCN(C)CC4)c3)n2)cc1Cl. The number of nitrogens with zero attached hydrogens (tertiary/aromatic N) is 3. The third kappa shape index (κ3) is 5.92. The van der Waals surface area contributed by atoms with Crippen molar-refractivity contribution < 1.29 is 4.79 Å². The van der Waals surface area contributed by atoms with Crippen LogP contribution < -0.4 is 5.32 Å². The first-order valence-corrected chi connectivity index (χ1v) is 11.7. The van der Waals surface area contributed by atoms with Crippen LogP contribution in [0, 0.1) is 6.92 Å². The highest BCUT2D eigenvalue weighted by molar-refractivity contribution is 7.13. The Morgan fingerprint density at radius 3 is 2.74 bits per heavy atom. The fourth-order valence-corrected chi connectivity index (χ4v) is 4.63. The lowest BCUT2D eigenvalue weighted by molar-refractivity contribution is -0.115. The van der Waals surface area contributed by atoms with Gasteiger partial charge in [0.05, 0.1) is 12.1 Å². The second kappa shape index (κ2) is 9.92. The molecule has 2 aromatic carbocycles. The Labute approximate surface area is 192 Å². The molecule has 0 radical (unpaired) electrons. The number of amides is 1. The van der Waals surface area contributed by atoms with Crippen molar-refractivity contribution in [2.45, 2.75) is 19.9 Å². The van der Waals surface area contributed by atoms with Crippen LogP contribution in [0.15, 0.2) is 47.8 Å². The molecule has 3 aromatic rings. The van der Waals surface area contributed by atoms with Gasteiger partial charge < -0.3 is 10.2 Å². The predicted molar refractivity (Wildman–Crippen MR) is 129 cm³/mol. The van der Waals surface area contributed by atoms with Gasteiger partial charge in [-0.05, 0) is 43.3 Å². The summed E-state index contributed by atoms with van der Waals surface area (Å²) in [5, 5.41) is 6.45. The Hall–Kier alpha value is -2.25. The molecule has 7 heteroatoms. The lowest BCUT2D eigenvalue weighted by Gasteiger charge is -2.32. The maximum absolute atomic E-state index is 12.4. The third-order valence-electron chi connectivity index (χ3n) is 5.53. The van der Waals surface area contributed by atoms with Gasteiger partial charge in [0.2, 0.25) is 5.91 Å². The molecule has 1 aromatic heterocycles. The maximum Gasteiger partial charge on any atom is 0.230 e. The van der Waals surface area contributed by atoms with Gasteiger partial charge in [0.25, 0.3) is 0 Å². The fourth-order valence-electron chi connectivity index (χ4n) is 3.63. The van der Waals surface area contributed by atoms with E-state index in [2.05, 4.69) is 46.4 Å². The summed E-state index contributed by atoms with van der Waals surface area (Å²) in [7, 11) is 2.17. The molecule has 4 rings (SSSR count). The Morgan fingerprint density at radius 2 is 1.97 bits per heavy atom. The second-order valence-corrected chi connectivity index (χ2v) is 9.38. The first-order chi connectivity index (χ1) is 15.0. The number of nitrogens with one attached hydrogen (secondary N) is 1. The number of carbonyl (C=O) groups is 1. The summed E-state index contributed by atoms with van der Waals surface area (Å²) >= 11 is 7.72. The summed E-state index contributed by atoms with van der Waals surface area (Å²) in [5.74, 6) is -0.0967. The van der Waals surface area contributed by atoms with Crippen LogP contribution in [0.2, 0.25) is 5.02 Å². The van der Waals surface area contributed by atoms with E-state index in [0.717, 1.165) is 54.6 Å². The Morgan fingerprint density at radius 1 is 1.16 bits per heavy atom. The highest BCUT2D eigenvalue weighted by atomic mass is 35.5. The molecule has 0 bridgehead atoms. The number of hydrogen-bond donors (Lipinski definition) is 1. The van der Waals surface area contributed by atoms with Crippen molar-refractivity contribution in [1.29, 1.82) is 0 Å². The Bertz CT molecular complexity index is 1060. The minimum atomic E-state index is -0.0967. The van der Waals surface area contributed by atoms with Gasteiger partial charge in [-0.3, -0.25) is 9.69 Å². The summed E-state index contributed by atoms with van der Waals surface area (Å²) in [6.45, 7) is 7.33. The van der Waals surface area contributed by atoms with Crippen LogP contribution in [-0.4, -0.2) is 53.9 Å². The molecule has 1 aliphatic rings. The molecule has 0 unspecified atom stereocenters. The number of aromatic nitrogens is 1. The fraction of sp³-hybridized carbons (Fsp3) is 0.333. The van der Waals surface area contributed by atoms with Crippen LogP contribution in [0.1, 0.15) is 16.8 Å². The molecule has 0 aliphatic carbocycles. The van der Waals surface area contributed by atoms with Crippen molar-refractivity contribution in [1.82, 2.24) is 14.8 Å². The Kier molecular flexibility index (Phi) is 7.02. The zero-order valence-corrected chi connectivity index (χ0v) is 19.5. The van der Waals surface area contributed by atoms with Crippen LogP contribution in [0.25, 0.3) is 10.6 Å². The molecule has 1 N–H and O–H groups in total. The van der Waals surface area contributed by atoms with Crippen molar-refractivity contribution in [2.75, 3.05) is 38.5 Å². The highest BCUT2D eigenvalue weighted by Gasteiger charge is 2.15. The van der Waals surface area contributed by atoms with E-state index in [1.807, 2.05) is 24.4 Å². The molecule has 31 heavy (non-hydrogen) atoms. The third-order valence-corrected chi connectivity index (χ3v) is 6.87. The number of likely N-dealkylation sites (N-methyl/N-ethyl adjacent to an activating group) is 1.